The van der Waals surface area contributed by atoms with E-state index in [4.69, 9.17) is 56.8 Å². The van der Waals surface area contributed by atoms with Gasteiger partial charge in [-0.05, 0) is 49.9 Å². The van der Waals surface area contributed by atoms with E-state index >= 15 is 0 Å². The molecule has 9 rings (SSSR count). The molecule has 0 amide bonds. The summed E-state index contributed by atoms with van der Waals surface area (Å²) < 4.78 is 77.2. The maximum absolute atomic E-state index is 12.7. The predicted octanol–water partition coefficient (Wildman–Crippen LogP) is 10.9. The fourth-order valence-electron chi connectivity index (χ4n) is 11.3. The lowest BCUT2D eigenvalue weighted by atomic mass is 9.74. The van der Waals surface area contributed by atoms with E-state index in [1.807, 2.05) is 0 Å². The largest absolute Gasteiger partial charge is 0.461 e. The summed E-state index contributed by atoms with van der Waals surface area (Å²) in [6.07, 6.45) is 5.44. The van der Waals surface area contributed by atoms with Gasteiger partial charge in [-0.2, -0.15) is 0 Å². The van der Waals surface area contributed by atoms with Crippen LogP contribution in [-0.4, -0.2) is 51.0 Å². The van der Waals surface area contributed by atoms with E-state index in [2.05, 4.69) is 52.0 Å². The van der Waals surface area contributed by atoms with Crippen molar-refractivity contribution in [3.8, 4) is 46.0 Å². The second-order valence-corrected chi connectivity index (χ2v) is 18.9. The van der Waals surface area contributed by atoms with Crippen molar-refractivity contribution in [1.29, 1.82) is 0 Å². The number of carbonyl (C=O) groups excluding carboxylic acids is 4. The van der Waals surface area contributed by atoms with Crippen LogP contribution in [-0.2, 0) is 64.6 Å². The van der Waals surface area contributed by atoms with Gasteiger partial charge in [0.25, 0.3) is 0 Å². The van der Waals surface area contributed by atoms with Crippen molar-refractivity contribution in [2.24, 2.45) is 0 Å². The maximum atomic E-state index is 12.7. The van der Waals surface area contributed by atoms with Crippen LogP contribution in [0.5, 0.6) is 46.0 Å². The van der Waals surface area contributed by atoms with Crippen LogP contribution in [0.3, 0.4) is 0 Å². The Hall–Kier alpha value is -6.84. The normalized spacial score (nSPS) is 18.4. The third-order valence-electron chi connectivity index (χ3n) is 14.2. The summed E-state index contributed by atoms with van der Waals surface area (Å²) in [5.41, 5.74) is 8.72. The van der Waals surface area contributed by atoms with E-state index < -0.39 is 47.5 Å². The van der Waals surface area contributed by atoms with Crippen molar-refractivity contribution in [2.45, 2.75) is 157 Å². The quantitative estimate of drug-likeness (QED) is 0.0763. The molecule has 0 atom stereocenters. The van der Waals surface area contributed by atoms with Crippen LogP contribution in [0.4, 0.5) is 0 Å². The van der Waals surface area contributed by atoms with E-state index in [0.717, 1.165) is 70.2 Å². The second kappa shape index (κ2) is 21.5. The average molecular weight is 993 g/mol. The third kappa shape index (κ3) is 9.40. The number of esters is 4. The Kier molecular flexibility index (Phi) is 15.0. The fraction of sp³-hybridized carbons (Fsp3) is 0.500. The molecule has 8 bridgehead atoms. The van der Waals surface area contributed by atoms with Crippen LogP contribution in [0.2, 0.25) is 0 Å². The van der Waals surface area contributed by atoms with Gasteiger partial charge in [-0.15, -0.1) is 0 Å². The van der Waals surface area contributed by atoms with Crippen LogP contribution < -0.4 is 37.9 Å². The molecule has 16 heteroatoms. The zero-order valence-corrected chi connectivity index (χ0v) is 42.5. The van der Waals surface area contributed by atoms with Crippen molar-refractivity contribution in [3.05, 3.63) is 91.0 Å². The molecule has 0 fully saturated rings. The van der Waals surface area contributed by atoms with Gasteiger partial charge in [-0.1, -0.05) is 53.4 Å². The molecule has 5 aliphatic rings. The fourth-order valence-corrected chi connectivity index (χ4v) is 11.3. The van der Waals surface area contributed by atoms with Gasteiger partial charge in [-0.3, -0.25) is 19.2 Å². The van der Waals surface area contributed by atoms with Crippen LogP contribution in [0.15, 0.2) is 24.3 Å². The average Bonchev–Trinajstić information content (AvgIpc) is 3.32. The van der Waals surface area contributed by atoms with E-state index in [9.17, 15) is 19.2 Å². The lowest BCUT2D eigenvalue weighted by Gasteiger charge is -2.37. The molecule has 0 aromatic heterocycles. The van der Waals surface area contributed by atoms with E-state index in [-0.39, 0.29) is 53.6 Å². The van der Waals surface area contributed by atoms with Gasteiger partial charge in [-0.25, -0.2) is 0 Å². The number of carbonyl (C=O) groups is 4. The predicted molar refractivity (Wildman–Crippen MR) is 259 cm³/mol. The molecule has 72 heavy (non-hydrogen) atoms. The Bertz CT molecular complexity index is 2280. The summed E-state index contributed by atoms with van der Waals surface area (Å²) in [5.74, 6) is 0.135. The summed E-state index contributed by atoms with van der Waals surface area (Å²) in [6, 6.07) is 8.69. The molecule has 0 unspecified atom stereocenters. The molecule has 0 saturated heterocycles. The first-order valence-electron chi connectivity index (χ1n) is 25.2. The van der Waals surface area contributed by atoms with Gasteiger partial charge in [0.15, 0.2) is 0 Å². The molecule has 16 nitrogen and oxygen atoms in total. The Morgan fingerprint density at radius 2 is 0.514 bits per heavy atom. The molecule has 0 saturated carbocycles. The van der Waals surface area contributed by atoms with E-state index in [0.29, 0.717) is 93.9 Å². The zero-order valence-electron chi connectivity index (χ0n) is 42.5. The summed E-state index contributed by atoms with van der Waals surface area (Å²) in [5, 5.41) is 0. The third-order valence-corrected chi connectivity index (χ3v) is 14.2. The Morgan fingerprint density at radius 3 is 0.653 bits per heavy atom. The molecular formula is C56H64O16. The molecule has 0 N–H and O–H groups in total. The lowest BCUT2D eigenvalue weighted by molar-refractivity contribution is -0.143. The molecule has 384 valence electrons. The van der Waals surface area contributed by atoms with Crippen molar-refractivity contribution in [2.75, 3.05) is 27.2 Å². The van der Waals surface area contributed by atoms with Crippen LogP contribution in [0.1, 0.15) is 197 Å². The number of benzene rings is 4. The molecule has 0 spiro atoms. The van der Waals surface area contributed by atoms with Crippen molar-refractivity contribution >= 4 is 23.9 Å². The van der Waals surface area contributed by atoms with Gasteiger partial charge in [0, 0.05) is 95.9 Å². The Labute approximate surface area is 419 Å². The minimum atomic E-state index is -0.483. The van der Waals surface area contributed by atoms with Gasteiger partial charge in [0.2, 0.25) is 27.2 Å². The van der Waals surface area contributed by atoms with Crippen LogP contribution in [0, 0.1) is 0 Å². The van der Waals surface area contributed by atoms with E-state index in [1.165, 1.54) is 27.7 Å². The monoisotopic (exact) mass is 992 g/mol. The standard InChI is InChI=1S/C56H64O16/c1-9-13-33-37-17-39-34(14-10-2)41-19-43-36(16-12-4)44-20-42-35(15-11-3)40-18-38(33)50-46(22-62-30(6)58)52(40)68-27-70-54(42)48(24-64-32(8)60)56(44)72-28-71-55(43)47(23-63-31(7)59)53(41)69-26-67-51(39)45(21-61-29(5)57)49(37)65-25-66-50/h17-20,33-36H,9-16,21-28H2,1-8H3. The van der Waals surface area contributed by atoms with Gasteiger partial charge < -0.3 is 56.8 Å². The van der Waals surface area contributed by atoms with Crippen LogP contribution >= 0.6 is 0 Å². The highest BCUT2D eigenvalue weighted by molar-refractivity contribution is 5.72. The molecule has 1 aliphatic carbocycles. The zero-order chi connectivity index (χ0) is 50.8. The smallest absolute Gasteiger partial charge is 0.302 e. The van der Waals surface area contributed by atoms with E-state index in [1.54, 1.807) is 0 Å². The summed E-state index contributed by atoms with van der Waals surface area (Å²) in [4.78, 5) is 51.0. The van der Waals surface area contributed by atoms with Gasteiger partial charge >= 0.3 is 23.9 Å². The van der Waals surface area contributed by atoms with Crippen molar-refractivity contribution in [1.82, 2.24) is 0 Å². The lowest BCUT2D eigenvalue weighted by Crippen LogP contribution is -2.26. The first-order chi connectivity index (χ1) is 34.9. The molecule has 4 aromatic rings. The molecule has 0 radical (unpaired) electrons. The second-order valence-electron chi connectivity index (χ2n) is 18.9. The highest BCUT2D eigenvalue weighted by Crippen LogP contribution is 2.58. The number of hydrogen-bond donors (Lipinski definition) is 0. The number of hydrogen-bond acceptors (Lipinski definition) is 16. The molecule has 4 aliphatic heterocycles. The van der Waals surface area contributed by atoms with Crippen molar-refractivity contribution < 1.29 is 76.0 Å². The Morgan fingerprint density at radius 1 is 0.347 bits per heavy atom. The summed E-state index contributed by atoms with van der Waals surface area (Å²) in [6.45, 7) is 12.2. The first kappa shape index (κ1) is 50.1. The highest BCUT2D eigenvalue weighted by Gasteiger charge is 2.42. The topological polar surface area (TPSA) is 179 Å². The molecule has 4 aromatic carbocycles. The van der Waals surface area contributed by atoms with Crippen molar-refractivity contribution in [3.63, 3.8) is 0 Å². The van der Waals surface area contributed by atoms with Gasteiger partial charge in [0.1, 0.15) is 72.4 Å². The SMILES string of the molecule is CCCC1c2cc3c4c(COC(C)=O)c2OCOc2c1cc1c(c2COC(C)=O)OCOc2c(cc5c(c2COC(C)=O)OCOc2c(cc(c(c2COC(C)=O)OCO4)C3CCC)C5CCC)C1CCC. The van der Waals surface area contributed by atoms with Crippen LogP contribution in [0.25, 0.3) is 0 Å². The minimum absolute atomic E-state index is 0.170. The summed E-state index contributed by atoms with van der Waals surface area (Å²) in [7, 11) is 0. The maximum Gasteiger partial charge on any atom is 0.302 e. The summed E-state index contributed by atoms with van der Waals surface area (Å²) >= 11 is 0. The molecular weight excluding hydrogens is 929 g/mol. The molecule has 4 heterocycles. The van der Waals surface area contributed by atoms with Gasteiger partial charge in [0.05, 0.1) is 22.3 Å². The minimum Gasteiger partial charge on any atom is -0.461 e. The Balaban J connectivity index is 1.51. The highest BCUT2D eigenvalue weighted by atomic mass is 16.7. The number of ether oxygens (including phenoxy) is 12. The number of rotatable bonds is 16. The first-order valence-corrected chi connectivity index (χ1v) is 25.2.